The lowest BCUT2D eigenvalue weighted by molar-refractivity contribution is 0.102. The summed E-state index contributed by atoms with van der Waals surface area (Å²) >= 11 is 0. The molecule has 3 aromatic rings. The van der Waals surface area contributed by atoms with Crippen molar-refractivity contribution in [3.05, 3.63) is 89.0 Å². The van der Waals surface area contributed by atoms with Gasteiger partial charge in [0.05, 0.1) is 10.6 Å². The standard InChI is InChI=1S/C22H22N2O3S/c1-15-8-4-5-13-20(15)23-22(25)18-11-7-12-19(14-18)28(26,27)24-21-16(2)9-6-10-17(21)3/h4-14,24H,1-3H3,(H,23,25). The highest BCUT2D eigenvalue weighted by atomic mass is 32.2. The number of nitrogens with one attached hydrogen (secondary N) is 2. The van der Waals surface area contributed by atoms with Crippen LogP contribution in [0.3, 0.4) is 0 Å². The summed E-state index contributed by atoms with van der Waals surface area (Å²) in [4.78, 5) is 12.6. The van der Waals surface area contributed by atoms with Crippen molar-refractivity contribution in [3.63, 3.8) is 0 Å². The zero-order valence-electron chi connectivity index (χ0n) is 16.0. The topological polar surface area (TPSA) is 75.3 Å². The summed E-state index contributed by atoms with van der Waals surface area (Å²) in [6, 6.07) is 19.0. The molecule has 0 aliphatic rings. The number of carbonyl (C=O) groups excluding carboxylic acids is 1. The molecule has 0 heterocycles. The Hall–Kier alpha value is -3.12. The van der Waals surface area contributed by atoms with Crippen LogP contribution in [0.4, 0.5) is 11.4 Å². The molecule has 0 aliphatic carbocycles. The Kier molecular flexibility index (Phi) is 5.51. The van der Waals surface area contributed by atoms with Crippen LogP contribution < -0.4 is 10.0 Å². The van der Waals surface area contributed by atoms with Gasteiger partial charge in [0.25, 0.3) is 15.9 Å². The largest absolute Gasteiger partial charge is 0.322 e. The van der Waals surface area contributed by atoms with Gasteiger partial charge in [-0.1, -0.05) is 42.5 Å². The van der Waals surface area contributed by atoms with Crippen molar-refractivity contribution in [2.45, 2.75) is 25.7 Å². The van der Waals surface area contributed by atoms with Crippen molar-refractivity contribution >= 4 is 27.3 Å². The number of aryl methyl sites for hydroxylation is 3. The van der Waals surface area contributed by atoms with Crippen LogP contribution in [0, 0.1) is 20.8 Å². The predicted octanol–water partition coefficient (Wildman–Crippen LogP) is 4.66. The van der Waals surface area contributed by atoms with E-state index < -0.39 is 10.0 Å². The quantitative estimate of drug-likeness (QED) is 0.661. The van der Waals surface area contributed by atoms with E-state index in [-0.39, 0.29) is 16.4 Å². The lowest BCUT2D eigenvalue weighted by Gasteiger charge is -2.14. The van der Waals surface area contributed by atoms with Crippen LogP contribution in [0.1, 0.15) is 27.0 Å². The van der Waals surface area contributed by atoms with Gasteiger partial charge in [0, 0.05) is 11.3 Å². The van der Waals surface area contributed by atoms with Gasteiger partial charge in [-0.15, -0.1) is 0 Å². The molecule has 28 heavy (non-hydrogen) atoms. The van der Waals surface area contributed by atoms with Crippen molar-refractivity contribution < 1.29 is 13.2 Å². The minimum absolute atomic E-state index is 0.0348. The molecule has 0 aliphatic heterocycles. The van der Waals surface area contributed by atoms with Gasteiger partial charge in [0.15, 0.2) is 0 Å². The maximum absolute atomic E-state index is 12.9. The smallest absolute Gasteiger partial charge is 0.261 e. The first-order valence-corrected chi connectivity index (χ1v) is 10.3. The Balaban J connectivity index is 1.88. The first kappa shape index (κ1) is 19.6. The molecule has 0 unspecified atom stereocenters. The van der Waals surface area contributed by atoms with Crippen LogP contribution in [-0.2, 0) is 10.0 Å². The third kappa shape index (κ3) is 4.23. The van der Waals surface area contributed by atoms with Gasteiger partial charge >= 0.3 is 0 Å². The van der Waals surface area contributed by atoms with Crippen LogP contribution in [0.5, 0.6) is 0 Å². The zero-order valence-corrected chi connectivity index (χ0v) is 16.8. The van der Waals surface area contributed by atoms with E-state index in [4.69, 9.17) is 0 Å². The average Bonchev–Trinajstić information content (AvgIpc) is 2.67. The van der Waals surface area contributed by atoms with E-state index in [9.17, 15) is 13.2 Å². The second-order valence-corrected chi connectivity index (χ2v) is 8.35. The van der Waals surface area contributed by atoms with E-state index >= 15 is 0 Å². The summed E-state index contributed by atoms with van der Waals surface area (Å²) < 4.78 is 28.3. The molecule has 0 aromatic heterocycles. The number of anilines is 2. The second-order valence-electron chi connectivity index (χ2n) is 6.67. The molecule has 0 radical (unpaired) electrons. The number of hydrogen-bond donors (Lipinski definition) is 2. The van der Waals surface area contributed by atoms with Crippen molar-refractivity contribution in [2.24, 2.45) is 0 Å². The third-order valence-electron chi connectivity index (χ3n) is 4.52. The monoisotopic (exact) mass is 394 g/mol. The maximum Gasteiger partial charge on any atom is 0.261 e. The minimum Gasteiger partial charge on any atom is -0.322 e. The molecular weight excluding hydrogens is 372 g/mol. The number of para-hydroxylation sites is 2. The number of rotatable bonds is 5. The van der Waals surface area contributed by atoms with E-state index in [0.717, 1.165) is 16.7 Å². The van der Waals surface area contributed by atoms with Crippen LogP contribution in [0.2, 0.25) is 0 Å². The Morgan fingerprint density at radius 2 is 1.39 bits per heavy atom. The number of benzene rings is 3. The minimum atomic E-state index is -3.83. The van der Waals surface area contributed by atoms with Crippen LogP contribution in [-0.4, -0.2) is 14.3 Å². The molecule has 2 N–H and O–H groups in total. The summed E-state index contributed by atoms with van der Waals surface area (Å²) in [5.41, 5.74) is 4.10. The summed E-state index contributed by atoms with van der Waals surface area (Å²) in [6.45, 7) is 5.58. The first-order chi connectivity index (χ1) is 13.3. The molecule has 6 heteroatoms. The van der Waals surface area contributed by atoms with Crippen LogP contribution in [0.15, 0.2) is 71.6 Å². The van der Waals surface area contributed by atoms with E-state index in [1.165, 1.54) is 12.1 Å². The highest BCUT2D eigenvalue weighted by Gasteiger charge is 2.18. The summed E-state index contributed by atoms with van der Waals surface area (Å²) in [5.74, 6) is -0.363. The molecule has 0 fully saturated rings. The number of hydrogen-bond acceptors (Lipinski definition) is 3. The van der Waals surface area contributed by atoms with Crippen molar-refractivity contribution in [1.82, 2.24) is 0 Å². The fourth-order valence-corrected chi connectivity index (χ4v) is 4.13. The van der Waals surface area contributed by atoms with Gasteiger partial charge in [-0.2, -0.15) is 0 Å². The predicted molar refractivity (Wildman–Crippen MR) is 112 cm³/mol. The number of carbonyl (C=O) groups is 1. The van der Waals surface area contributed by atoms with E-state index in [0.29, 0.717) is 11.4 Å². The summed E-state index contributed by atoms with van der Waals surface area (Å²) in [5, 5.41) is 2.82. The number of amides is 1. The molecule has 0 atom stereocenters. The molecular formula is C22H22N2O3S. The van der Waals surface area contributed by atoms with E-state index in [2.05, 4.69) is 10.0 Å². The van der Waals surface area contributed by atoms with Crippen molar-refractivity contribution in [2.75, 3.05) is 10.0 Å². The Morgan fingerprint density at radius 1 is 0.786 bits per heavy atom. The molecule has 3 rings (SSSR count). The van der Waals surface area contributed by atoms with Crippen LogP contribution >= 0.6 is 0 Å². The lowest BCUT2D eigenvalue weighted by Crippen LogP contribution is -2.17. The fraction of sp³-hybridized carbons (Fsp3) is 0.136. The van der Waals surface area contributed by atoms with Crippen molar-refractivity contribution in [3.8, 4) is 0 Å². The van der Waals surface area contributed by atoms with Gasteiger partial charge in [0.1, 0.15) is 0 Å². The molecule has 1 amide bonds. The highest BCUT2D eigenvalue weighted by molar-refractivity contribution is 7.92. The first-order valence-electron chi connectivity index (χ1n) is 8.84. The van der Waals surface area contributed by atoms with E-state index in [1.807, 2.05) is 57.2 Å². The zero-order chi connectivity index (χ0) is 20.3. The fourth-order valence-electron chi connectivity index (χ4n) is 2.88. The Morgan fingerprint density at radius 3 is 2.07 bits per heavy atom. The van der Waals surface area contributed by atoms with E-state index in [1.54, 1.807) is 18.2 Å². The molecule has 0 saturated carbocycles. The molecule has 3 aromatic carbocycles. The van der Waals surface area contributed by atoms with Crippen molar-refractivity contribution in [1.29, 1.82) is 0 Å². The molecule has 5 nitrogen and oxygen atoms in total. The molecule has 0 bridgehead atoms. The molecule has 144 valence electrons. The van der Waals surface area contributed by atoms with Gasteiger partial charge in [-0.3, -0.25) is 9.52 Å². The lowest BCUT2D eigenvalue weighted by atomic mass is 10.1. The third-order valence-corrected chi connectivity index (χ3v) is 5.86. The molecule has 0 spiro atoms. The average molecular weight is 394 g/mol. The molecule has 0 saturated heterocycles. The Bertz CT molecular complexity index is 1120. The number of sulfonamides is 1. The van der Waals surface area contributed by atoms with Gasteiger partial charge < -0.3 is 5.32 Å². The SMILES string of the molecule is Cc1ccccc1NC(=O)c1cccc(S(=O)(=O)Nc2c(C)cccc2C)c1. The van der Waals surface area contributed by atoms with Crippen LogP contribution in [0.25, 0.3) is 0 Å². The van der Waals surface area contributed by atoms with Gasteiger partial charge in [-0.05, 0) is 61.7 Å². The normalized spacial score (nSPS) is 11.1. The van der Waals surface area contributed by atoms with Gasteiger partial charge in [0.2, 0.25) is 0 Å². The maximum atomic E-state index is 12.9. The Labute approximate surface area is 165 Å². The summed E-state index contributed by atoms with van der Waals surface area (Å²) in [7, 11) is -3.83. The summed E-state index contributed by atoms with van der Waals surface area (Å²) in [6.07, 6.45) is 0. The second kappa shape index (κ2) is 7.86. The highest BCUT2D eigenvalue weighted by Crippen LogP contribution is 2.24. The van der Waals surface area contributed by atoms with Gasteiger partial charge in [-0.25, -0.2) is 8.42 Å².